The van der Waals surface area contributed by atoms with Crippen LogP contribution in [0.25, 0.3) is 0 Å². The summed E-state index contributed by atoms with van der Waals surface area (Å²) in [6, 6.07) is 0. The van der Waals surface area contributed by atoms with Crippen molar-refractivity contribution in [1.29, 1.82) is 0 Å². The van der Waals surface area contributed by atoms with Gasteiger partial charge in [-0.05, 0) is 66.9 Å². The lowest BCUT2D eigenvalue weighted by Gasteiger charge is -2.31. The van der Waals surface area contributed by atoms with Crippen LogP contribution in [0.3, 0.4) is 0 Å². The minimum atomic E-state index is 0.671. The van der Waals surface area contributed by atoms with Crippen molar-refractivity contribution in [2.75, 3.05) is 24.6 Å². The summed E-state index contributed by atoms with van der Waals surface area (Å²) in [4.78, 5) is 0. The Hall–Kier alpha value is 0.310. The van der Waals surface area contributed by atoms with Gasteiger partial charge < -0.3 is 5.32 Å². The first-order chi connectivity index (χ1) is 8.15. The van der Waals surface area contributed by atoms with Gasteiger partial charge in [0, 0.05) is 6.54 Å². The summed E-state index contributed by atoms with van der Waals surface area (Å²) < 4.78 is 0. The molecule has 1 nitrogen and oxygen atoms in total. The Labute approximate surface area is 112 Å². The molecule has 2 atom stereocenters. The Balaban J connectivity index is 1.76. The van der Waals surface area contributed by atoms with E-state index in [1.165, 1.54) is 43.9 Å². The van der Waals surface area contributed by atoms with E-state index in [2.05, 4.69) is 37.8 Å². The lowest BCUT2D eigenvalue weighted by Crippen LogP contribution is -2.35. The van der Waals surface area contributed by atoms with Gasteiger partial charge >= 0.3 is 0 Å². The van der Waals surface area contributed by atoms with Gasteiger partial charge in [-0.15, -0.1) is 0 Å². The lowest BCUT2D eigenvalue weighted by atomic mass is 9.80. The summed E-state index contributed by atoms with van der Waals surface area (Å²) in [5.74, 6) is 5.67. The topological polar surface area (TPSA) is 12.0 Å². The minimum Gasteiger partial charge on any atom is -0.316 e. The molecule has 2 saturated carbocycles. The molecule has 0 aliphatic heterocycles. The molecular formula is C15H29NS. The summed E-state index contributed by atoms with van der Waals surface area (Å²) in [5.41, 5.74) is 0.671. The molecule has 2 fully saturated rings. The van der Waals surface area contributed by atoms with Crippen LogP contribution in [0.2, 0.25) is 0 Å². The van der Waals surface area contributed by atoms with Crippen molar-refractivity contribution in [3.05, 3.63) is 0 Å². The summed E-state index contributed by atoms with van der Waals surface area (Å²) in [5, 5.41) is 3.73. The summed E-state index contributed by atoms with van der Waals surface area (Å²) >= 11 is 2.12. The third-order valence-corrected chi connectivity index (χ3v) is 5.39. The molecule has 0 heterocycles. The van der Waals surface area contributed by atoms with E-state index in [4.69, 9.17) is 0 Å². The average Bonchev–Trinajstić information content (AvgIpc) is 2.87. The molecule has 2 aliphatic rings. The van der Waals surface area contributed by atoms with Gasteiger partial charge in [0.1, 0.15) is 0 Å². The van der Waals surface area contributed by atoms with Crippen molar-refractivity contribution >= 4 is 11.8 Å². The first-order valence-corrected chi connectivity index (χ1v) is 8.59. The van der Waals surface area contributed by atoms with Crippen molar-refractivity contribution in [3.8, 4) is 0 Å². The van der Waals surface area contributed by atoms with E-state index in [-0.39, 0.29) is 0 Å². The number of nitrogens with one attached hydrogen (secondary N) is 1. The van der Waals surface area contributed by atoms with Gasteiger partial charge in [-0.2, -0.15) is 11.8 Å². The number of thioether (sulfide) groups is 1. The van der Waals surface area contributed by atoms with E-state index in [9.17, 15) is 0 Å². The van der Waals surface area contributed by atoms with Crippen molar-refractivity contribution in [1.82, 2.24) is 5.32 Å². The van der Waals surface area contributed by atoms with Crippen LogP contribution in [0.5, 0.6) is 0 Å². The Morgan fingerprint density at radius 2 is 2.00 bits per heavy atom. The molecule has 0 saturated heterocycles. The Kier molecular flexibility index (Phi) is 4.82. The molecule has 17 heavy (non-hydrogen) atoms. The van der Waals surface area contributed by atoms with Crippen LogP contribution in [-0.4, -0.2) is 24.6 Å². The van der Waals surface area contributed by atoms with Crippen molar-refractivity contribution in [3.63, 3.8) is 0 Å². The Morgan fingerprint density at radius 1 is 1.29 bits per heavy atom. The van der Waals surface area contributed by atoms with Gasteiger partial charge in [-0.25, -0.2) is 0 Å². The van der Waals surface area contributed by atoms with Crippen molar-refractivity contribution in [2.45, 2.75) is 46.5 Å². The SMILES string of the molecule is CCSCCC1(CNCC(C)C)CC2CC2C1. The van der Waals surface area contributed by atoms with Gasteiger partial charge in [0.25, 0.3) is 0 Å². The predicted molar refractivity (Wildman–Crippen MR) is 78.6 cm³/mol. The van der Waals surface area contributed by atoms with E-state index in [0.717, 1.165) is 17.8 Å². The Morgan fingerprint density at radius 3 is 2.59 bits per heavy atom. The molecule has 1 N–H and O–H groups in total. The first-order valence-electron chi connectivity index (χ1n) is 7.44. The highest BCUT2D eigenvalue weighted by atomic mass is 32.2. The summed E-state index contributed by atoms with van der Waals surface area (Å²) in [7, 11) is 0. The molecule has 2 aliphatic carbocycles. The van der Waals surface area contributed by atoms with Crippen molar-refractivity contribution in [2.24, 2.45) is 23.2 Å². The van der Waals surface area contributed by atoms with Gasteiger partial charge in [0.05, 0.1) is 0 Å². The molecule has 0 radical (unpaired) electrons. The zero-order valence-electron chi connectivity index (χ0n) is 11.8. The third-order valence-electron chi connectivity index (χ3n) is 4.49. The zero-order chi connectivity index (χ0) is 12.3. The zero-order valence-corrected chi connectivity index (χ0v) is 12.6. The van der Waals surface area contributed by atoms with Crippen LogP contribution in [0.1, 0.15) is 46.5 Å². The predicted octanol–water partition coefficient (Wildman–Crippen LogP) is 3.79. The number of fused-ring (bicyclic) bond motifs is 1. The van der Waals surface area contributed by atoms with Gasteiger partial charge in [-0.1, -0.05) is 20.8 Å². The van der Waals surface area contributed by atoms with Crippen molar-refractivity contribution < 1.29 is 0 Å². The molecule has 0 spiro atoms. The van der Waals surface area contributed by atoms with Crippen LogP contribution in [-0.2, 0) is 0 Å². The molecule has 2 rings (SSSR count). The highest BCUT2D eigenvalue weighted by molar-refractivity contribution is 7.99. The monoisotopic (exact) mass is 255 g/mol. The highest BCUT2D eigenvalue weighted by Gasteiger charge is 2.52. The maximum Gasteiger partial charge on any atom is 0.000842 e. The average molecular weight is 255 g/mol. The fourth-order valence-electron chi connectivity index (χ4n) is 3.50. The quantitative estimate of drug-likeness (QED) is 0.662. The molecule has 2 unspecified atom stereocenters. The number of hydrogen-bond donors (Lipinski definition) is 1. The second-order valence-corrected chi connectivity index (χ2v) is 8.03. The lowest BCUT2D eigenvalue weighted by molar-refractivity contribution is 0.239. The fourth-order valence-corrected chi connectivity index (χ4v) is 4.37. The van der Waals surface area contributed by atoms with E-state index < -0.39 is 0 Å². The number of hydrogen-bond acceptors (Lipinski definition) is 2. The smallest absolute Gasteiger partial charge is 0.000842 e. The summed E-state index contributed by atoms with van der Waals surface area (Å²) in [6.07, 6.45) is 6.04. The molecule has 2 heteroatoms. The van der Waals surface area contributed by atoms with Gasteiger partial charge in [-0.3, -0.25) is 0 Å². The van der Waals surface area contributed by atoms with Gasteiger partial charge in [0.2, 0.25) is 0 Å². The van der Waals surface area contributed by atoms with E-state index in [1.54, 1.807) is 6.42 Å². The van der Waals surface area contributed by atoms with E-state index in [0.29, 0.717) is 5.41 Å². The van der Waals surface area contributed by atoms with E-state index >= 15 is 0 Å². The van der Waals surface area contributed by atoms with Crippen LogP contribution in [0.15, 0.2) is 0 Å². The maximum atomic E-state index is 3.73. The second kappa shape index (κ2) is 5.97. The number of rotatable bonds is 8. The molecule has 100 valence electrons. The van der Waals surface area contributed by atoms with Crippen LogP contribution in [0, 0.1) is 23.2 Å². The minimum absolute atomic E-state index is 0.671. The third kappa shape index (κ3) is 3.89. The largest absolute Gasteiger partial charge is 0.316 e. The second-order valence-electron chi connectivity index (χ2n) is 6.64. The maximum absolute atomic E-state index is 3.73. The molecule has 0 aromatic heterocycles. The van der Waals surface area contributed by atoms with Crippen LogP contribution < -0.4 is 5.32 Å². The Bertz CT molecular complexity index is 229. The highest BCUT2D eigenvalue weighted by Crippen LogP contribution is 2.61. The molecule has 0 amide bonds. The normalized spacial score (nSPS) is 35.3. The fraction of sp³-hybridized carbons (Fsp3) is 1.00. The molecule has 0 aromatic rings. The van der Waals surface area contributed by atoms with Crippen LogP contribution in [0.4, 0.5) is 0 Å². The molecular weight excluding hydrogens is 226 g/mol. The van der Waals surface area contributed by atoms with Gasteiger partial charge in [0.15, 0.2) is 0 Å². The standard InChI is InChI=1S/C15H29NS/c1-4-17-6-5-15(11-16-10-12(2)3)8-13-7-14(13)9-15/h12-14,16H,4-11H2,1-3H3. The molecule has 0 bridgehead atoms. The summed E-state index contributed by atoms with van der Waals surface area (Å²) in [6.45, 7) is 9.36. The van der Waals surface area contributed by atoms with Crippen LogP contribution >= 0.6 is 11.8 Å². The first kappa shape index (κ1) is 13.7. The molecule has 0 aromatic carbocycles. The van der Waals surface area contributed by atoms with E-state index in [1.807, 2.05) is 0 Å².